The third kappa shape index (κ3) is 6.04. The molecule has 214 valence electrons. The van der Waals surface area contributed by atoms with Crippen LogP contribution in [-0.2, 0) is 20.5 Å². The molecule has 8 heteroatoms. The fourth-order valence-corrected chi connectivity index (χ4v) is 10.7. The van der Waals surface area contributed by atoms with Crippen LogP contribution in [0.15, 0.2) is 66.7 Å². The molecule has 0 N–H and O–H groups in total. The van der Waals surface area contributed by atoms with E-state index < -0.39 is 19.9 Å². The Morgan fingerprint density at radius 3 is 2.02 bits per heavy atom. The second kappa shape index (κ2) is 12.5. The Hall–Kier alpha value is -2.55. The number of rotatable bonds is 9. The van der Waals surface area contributed by atoms with E-state index >= 15 is 4.39 Å². The Balaban J connectivity index is 1.89. The average molecular weight is 584 g/mol. The van der Waals surface area contributed by atoms with Crippen molar-refractivity contribution < 1.29 is 23.1 Å². The van der Waals surface area contributed by atoms with Crippen LogP contribution in [0.25, 0.3) is 0 Å². The third-order valence-corrected chi connectivity index (χ3v) is 12.8. The monoisotopic (exact) mass is 583 g/mol. The van der Waals surface area contributed by atoms with E-state index in [1.165, 1.54) is 7.11 Å². The predicted octanol–water partition coefficient (Wildman–Crippen LogP) is 6.00. The van der Waals surface area contributed by atoms with E-state index in [-0.39, 0.29) is 41.0 Å². The second-order valence-electron chi connectivity index (χ2n) is 11.5. The number of hydrogen-bond donors (Lipinski definition) is 0. The van der Waals surface area contributed by atoms with Crippen molar-refractivity contribution in [2.45, 2.75) is 58.5 Å². The van der Waals surface area contributed by atoms with Gasteiger partial charge in [0, 0.05) is 25.8 Å². The zero-order valence-corrected chi connectivity index (χ0v) is 25.9. The van der Waals surface area contributed by atoms with Crippen LogP contribution in [0.5, 0.6) is 0 Å². The van der Waals surface area contributed by atoms with Gasteiger partial charge >= 0.3 is 0 Å². The molecule has 1 aliphatic rings. The fourth-order valence-electron chi connectivity index (χ4n) is 5.84. The molecule has 40 heavy (non-hydrogen) atoms. The van der Waals surface area contributed by atoms with Crippen LogP contribution in [0.2, 0.25) is 10.1 Å². The Morgan fingerprint density at radius 2 is 1.55 bits per heavy atom. The summed E-state index contributed by atoms with van der Waals surface area (Å²) in [6, 6.07) is 22.3. The van der Waals surface area contributed by atoms with Gasteiger partial charge < -0.3 is 18.8 Å². The minimum absolute atomic E-state index is 0.0666. The van der Waals surface area contributed by atoms with E-state index in [0.717, 1.165) is 10.4 Å². The summed E-state index contributed by atoms with van der Waals surface area (Å²) in [5, 5.41) is 1.93. The zero-order valence-electron chi connectivity index (χ0n) is 24.2. The lowest BCUT2D eigenvalue weighted by molar-refractivity contribution is -0.00532. The maximum atomic E-state index is 15.7. The molecular formula is C32H39ClFNO4Si. The van der Waals surface area contributed by atoms with Crippen molar-refractivity contribution in [3.05, 3.63) is 88.7 Å². The van der Waals surface area contributed by atoms with E-state index in [4.69, 9.17) is 25.5 Å². The number of methoxy groups -OCH3 is 1. The van der Waals surface area contributed by atoms with Gasteiger partial charge in [0.2, 0.25) is 0 Å². The molecule has 3 aromatic carbocycles. The first-order valence-electron chi connectivity index (χ1n) is 13.7. The standard InChI is InChI=1S/C32H39ClFNO4Si/c1-22-18-35(19-23(2)39-22)31-24(17-27(28(36)21-37-6)30(34)29(31)33)20-38-40(32(3,4)5,25-13-9-7-10-14-25)26-15-11-8-12-16-26/h7-17,22-23H,18-21H2,1-6H3. The molecule has 3 aromatic rings. The van der Waals surface area contributed by atoms with Crippen molar-refractivity contribution in [3.8, 4) is 0 Å². The van der Waals surface area contributed by atoms with E-state index in [9.17, 15) is 4.79 Å². The second-order valence-corrected chi connectivity index (χ2v) is 16.2. The van der Waals surface area contributed by atoms with Crippen LogP contribution in [0.3, 0.4) is 0 Å². The first-order chi connectivity index (χ1) is 19.0. The maximum absolute atomic E-state index is 15.7. The van der Waals surface area contributed by atoms with Crippen molar-refractivity contribution in [3.63, 3.8) is 0 Å². The number of anilines is 1. The topological polar surface area (TPSA) is 48.0 Å². The molecular weight excluding hydrogens is 545 g/mol. The average Bonchev–Trinajstić information content (AvgIpc) is 2.91. The molecule has 0 spiro atoms. The van der Waals surface area contributed by atoms with Gasteiger partial charge in [0.1, 0.15) is 11.6 Å². The summed E-state index contributed by atoms with van der Waals surface area (Å²) >= 11 is 6.76. The molecule has 1 fully saturated rings. The van der Waals surface area contributed by atoms with Gasteiger partial charge in [-0.1, -0.05) is 93.0 Å². The Kier molecular flexibility index (Phi) is 9.53. The number of hydrogen-bond acceptors (Lipinski definition) is 5. The third-order valence-electron chi connectivity index (χ3n) is 7.43. The Morgan fingerprint density at radius 1 is 1.02 bits per heavy atom. The van der Waals surface area contributed by atoms with Gasteiger partial charge in [-0.05, 0) is 35.3 Å². The van der Waals surface area contributed by atoms with E-state index in [1.807, 2.05) is 50.2 Å². The molecule has 1 saturated heterocycles. The molecule has 4 rings (SSSR count). The van der Waals surface area contributed by atoms with Gasteiger partial charge in [-0.25, -0.2) is 4.39 Å². The summed E-state index contributed by atoms with van der Waals surface area (Å²) in [6.45, 7) is 11.6. The smallest absolute Gasteiger partial charge is 0.261 e. The Labute approximate surface area is 243 Å². The molecule has 0 saturated carbocycles. The minimum Gasteiger partial charge on any atom is -0.403 e. The molecule has 0 aliphatic carbocycles. The molecule has 1 heterocycles. The number of ether oxygens (including phenoxy) is 2. The number of benzene rings is 3. The molecule has 2 atom stereocenters. The fraction of sp³-hybridized carbons (Fsp3) is 0.406. The highest BCUT2D eigenvalue weighted by Gasteiger charge is 2.50. The van der Waals surface area contributed by atoms with Crippen molar-refractivity contribution in [1.29, 1.82) is 0 Å². The zero-order chi connectivity index (χ0) is 29.1. The van der Waals surface area contributed by atoms with Crippen LogP contribution in [-0.4, -0.2) is 53.1 Å². The first-order valence-corrected chi connectivity index (χ1v) is 16.0. The summed E-state index contributed by atoms with van der Waals surface area (Å²) in [7, 11) is -1.50. The SMILES string of the molecule is COCC(=O)c1cc(CO[Si](c2ccccc2)(c2ccccc2)C(C)(C)C)c(N2CC(C)OC(C)C2)c(Cl)c1F. The predicted molar refractivity (Wildman–Crippen MR) is 162 cm³/mol. The van der Waals surface area contributed by atoms with Crippen molar-refractivity contribution in [2.24, 2.45) is 0 Å². The summed E-state index contributed by atoms with van der Waals surface area (Å²) < 4.78 is 33.8. The molecule has 0 bridgehead atoms. The number of carbonyl (C=O) groups excluding carboxylic acids is 1. The van der Waals surface area contributed by atoms with E-state index in [2.05, 4.69) is 49.9 Å². The molecule has 2 unspecified atom stereocenters. The number of carbonyl (C=O) groups is 1. The number of halogens is 2. The minimum atomic E-state index is -2.91. The van der Waals surface area contributed by atoms with Gasteiger partial charge in [-0.3, -0.25) is 4.79 Å². The van der Waals surface area contributed by atoms with Crippen LogP contribution in [0, 0.1) is 5.82 Å². The number of ketones is 1. The summed E-state index contributed by atoms with van der Waals surface area (Å²) in [5.41, 5.74) is 1.12. The summed E-state index contributed by atoms with van der Waals surface area (Å²) in [4.78, 5) is 14.9. The van der Waals surface area contributed by atoms with Gasteiger partial charge in [-0.15, -0.1) is 0 Å². The van der Waals surface area contributed by atoms with E-state index in [1.54, 1.807) is 6.07 Å². The van der Waals surface area contributed by atoms with Gasteiger partial charge in [0.25, 0.3) is 8.32 Å². The highest BCUT2D eigenvalue weighted by Crippen LogP contribution is 2.40. The van der Waals surface area contributed by atoms with Gasteiger partial charge in [-0.2, -0.15) is 0 Å². The Bertz CT molecular complexity index is 1270. The highest BCUT2D eigenvalue weighted by atomic mass is 35.5. The molecule has 0 amide bonds. The number of morpholine rings is 1. The van der Waals surface area contributed by atoms with Crippen LogP contribution in [0.4, 0.5) is 10.1 Å². The van der Waals surface area contributed by atoms with Crippen molar-refractivity contribution in [1.82, 2.24) is 0 Å². The lowest BCUT2D eigenvalue weighted by Crippen LogP contribution is -2.66. The normalized spacial score (nSPS) is 18.1. The summed E-state index contributed by atoms with van der Waals surface area (Å²) in [6.07, 6.45) is -0.133. The van der Waals surface area contributed by atoms with Crippen molar-refractivity contribution >= 4 is 41.8 Å². The summed E-state index contributed by atoms with van der Waals surface area (Å²) in [5.74, 6) is -1.21. The van der Waals surface area contributed by atoms with Crippen LogP contribution in [0.1, 0.15) is 50.5 Å². The number of nitrogens with zero attached hydrogens (tertiary/aromatic N) is 1. The van der Waals surface area contributed by atoms with Crippen LogP contribution < -0.4 is 15.3 Å². The van der Waals surface area contributed by atoms with Crippen LogP contribution >= 0.6 is 11.6 Å². The van der Waals surface area contributed by atoms with Gasteiger partial charge in [0.15, 0.2) is 11.6 Å². The quantitative estimate of drug-likeness (QED) is 0.228. The molecule has 5 nitrogen and oxygen atoms in total. The molecule has 0 radical (unpaired) electrons. The maximum Gasteiger partial charge on any atom is 0.261 e. The van der Waals surface area contributed by atoms with Crippen molar-refractivity contribution in [2.75, 3.05) is 31.7 Å². The van der Waals surface area contributed by atoms with Gasteiger partial charge in [0.05, 0.1) is 30.1 Å². The largest absolute Gasteiger partial charge is 0.403 e. The lowest BCUT2D eigenvalue weighted by Gasteiger charge is -2.43. The van der Waals surface area contributed by atoms with E-state index in [0.29, 0.717) is 24.3 Å². The molecule has 1 aliphatic heterocycles. The molecule has 0 aromatic heterocycles. The first kappa shape index (κ1) is 30.4. The highest BCUT2D eigenvalue weighted by molar-refractivity contribution is 6.99. The lowest BCUT2D eigenvalue weighted by atomic mass is 10.0. The number of Topliss-reactive ketones (excluding diaryl/α,β-unsaturated/α-hetero) is 1.